The lowest BCUT2D eigenvalue weighted by Crippen LogP contribution is -2.47. The maximum atomic E-state index is 13.2. The lowest BCUT2D eigenvalue weighted by Gasteiger charge is -2.32. The number of aromatic nitrogens is 1. The largest absolute Gasteiger partial charge is 0.436 e. The maximum Gasteiger partial charge on any atom is 0.408 e. The topological polar surface area (TPSA) is 113 Å². The van der Waals surface area contributed by atoms with Crippen molar-refractivity contribution in [1.29, 1.82) is 0 Å². The Kier molecular flexibility index (Phi) is 7.81. The van der Waals surface area contributed by atoms with Gasteiger partial charge in [0.15, 0.2) is 6.10 Å². The van der Waals surface area contributed by atoms with Crippen molar-refractivity contribution < 1.29 is 19.1 Å². The number of rotatable bonds is 6. The average molecular weight is 460 g/mol. The molecule has 0 radical (unpaired) electrons. The zero-order valence-corrected chi connectivity index (χ0v) is 20.3. The third-order valence-corrected chi connectivity index (χ3v) is 6.23. The first kappa shape index (κ1) is 24.8. The number of hydrogen-bond acceptors (Lipinski definition) is 5. The second-order valence-corrected chi connectivity index (χ2v) is 10.4. The van der Waals surface area contributed by atoms with Crippen molar-refractivity contribution in [2.24, 2.45) is 11.8 Å². The van der Waals surface area contributed by atoms with Crippen LogP contribution in [0.3, 0.4) is 0 Å². The van der Waals surface area contributed by atoms with Crippen LogP contribution in [0.25, 0.3) is 0 Å². The molecule has 1 saturated heterocycles. The Labute approximate surface area is 196 Å². The third-order valence-electron chi connectivity index (χ3n) is 6.23. The van der Waals surface area contributed by atoms with Crippen LogP contribution in [0.2, 0.25) is 0 Å². The van der Waals surface area contributed by atoms with Crippen molar-refractivity contribution in [3.8, 4) is 0 Å². The number of pyridine rings is 1. The van der Waals surface area contributed by atoms with Crippen molar-refractivity contribution in [3.05, 3.63) is 23.9 Å². The standard InChI is InChI=1S/C24H37N5O4/c1-15-6-8-18(9-7-15)20(33-23(32)28-24(3,4)5)21(30)27-19-12-17(10-11-25-19)14-29-16(2)13-26-22(29)31/h10-12,15-16,18,20H,6-9,13-14H2,1-5H3,(H,26,31)(H,28,32)(H,25,27,30)/t15?,16-,18?,20?/m1/s1. The van der Waals surface area contributed by atoms with E-state index in [0.29, 0.717) is 24.8 Å². The third kappa shape index (κ3) is 7.07. The second-order valence-electron chi connectivity index (χ2n) is 10.4. The number of carbonyl (C=O) groups excluding carboxylic acids is 3. The summed E-state index contributed by atoms with van der Waals surface area (Å²) in [6.45, 7) is 10.8. The second kappa shape index (κ2) is 10.4. The van der Waals surface area contributed by atoms with E-state index in [1.54, 1.807) is 17.2 Å². The molecule has 0 aromatic carbocycles. The Bertz CT molecular complexity index is 861. The number of hydrogen-bond donors (Lipinski definition) is 3. The zero-order valence-electron chi connectivity index (χ0n) is 20.3. The number of anilines is 1. The highest BCUT2D eigenvalue weighted by Gasteiger charge is 2.35. The summed E-state index contributed by atoms with van der Waals surface area (Å²) in [5, 5.41) is 8.43. The summed E-state index contributed by atoms with van der Waals surface area (Å²) in [4.78, 5) is 43.7. The highest BCUT2D eigenvalue weighted by molar-refractivity contribution is 5.94. The summed E-state index contributed by atoms with van der Waals surface area (Å²) in [7, 11) is 0. The van der Waals surface area contributed by atoms with Crippen LogP contribution in [-0.4, -0.2) is 52.1 Å². The van der Waals surface area contributed by atoms with Gasteiger partial charge in [-0.3, -0.25) is 4.79 Å². The summed E-state index contributed by atoms with van der Waals surface area (Å²) >= 11 is 0. The lowest BCUT2D eigenvalue weighted by molar-refractivity contribution is -0.128. The van der Waals surface area contributed by atoms with E-state index < -0.39 is 17.7 Å². The maximum absolute atomic E-state index is 13.2. The van der Waals surface area contributed by atoms with E-state index in [1.807, 2.05) is 33.8 Å². The first-order valence-electron chi connectivity index (χ1n) is 11.8. The number of urea groups is 1. The van der Waals surface area contributed by atoms with Gasteiger partial charge in [-0.25, -0.2) is 14.6 Å². The van der Waals surface area contributed by atoms with E-state index in [0.717, 1.165) is 31.2 Å². The van der Waals surface area contributed by atoms with Gasteiger partial charge in [-0.1, -0.05) is 19.8 Å². The molecule has 0 spiro atoms. The summed E-state index contributed by atoms with van der Waals surface area (Å²) in [6.07, 6.45) is 3.78. The molecule has 1 aromatic rings. The molecule has 0 bridgehead atoms. The number of alkyl carbamates (subject to hydrolysis) is 1. The fourth-order valence-corrected chi connectivity index (χ4v) is 4.31. The van der Waals surface area contributed by atoms with Gasteiger partial charge in [0, 0.05) is 36.8 Å². The Morgan fingerprint density at radius 3 is 2.55 bits per heavy atom. The molecule has 4 amide bonds. The predicted molar refractivity (Wildman–Crippen MR) is 126 cm³/mol. The average Bonchev–Trinajstić information content (AvgIpc) is 3.04. The van der Waals surface area contributed by atoms with Crippen LogP contribution in [0.5, 0.6) is 0 Å². The quantitative estimate of drug-likeness (QED) is 0.601. The molecule has 1 unspecified atom stereocenters. The smallest absolute Gasteiger partial charge is 0.408 e. The molecule has 2 heterocycles. The molecule has 1 aliphatic heterocycles. The molecular formula is C24H37N5O4. The van der Waals surface area contributed by atoms with Crippen LogP contribution < -0.4 is 16.0 Å². The van der Waals surface area contributed by atoms with Crippen LogP contribution in [0, 0.1) is 11.8 Å². The predicted octanol–water partition coefficient (Wildman–Crippen LogP) is 3.65. The van der Waals surface area contributed by atoms with Gasteiger partial charge in [0.1, 0.15) is 5.82 Å². The Morgan fingerprint density at radius 2 is 1.94 bits per heavy atom. The van der Waals surface area contributed by atoms with Gasteiger partial charge in [0.25, 0.3) is 5.91 Å². The molecule has 3 rings (SSSR count). The first-order valence-corrected chi connectivity index (χ1v) is 11.8. The Morgan fingerprint density at radius 1 is 1.24 bits per heavy atom. The van der Waals surface area contributed by atoms with Crippen LogP contribution in [0.1, 0.15) is 65.9 Å². The van der Waals surface area contributed by atoms with E-state index in [1.165, 1.54) is 0 Å². The van der Waals surface area contributed by atoms with Crippen LogP contribution in [0.4, 0.5) is 15.4 Å². The minimum atomic E-state index is -0.894. The molecule has 2 fully saturated rings. The van der Waals surface area contributed by atoms with Crippen molar-refractivity contribution in [2.75, 3.05) is 11.9 Å². The van der Waals surface area contributed by atoms with Gasteiger partial charge in [-0.15, -0.1) is 0 Å². The molecule has 2 atom stereocenters. The van der Waals surface area contributed by atoms with E-state index in [-0.39, 0.29) is 23.9 Å². The first-order chi connectivity index (χ1) is 15.5. The molecule has 1 aromatic heterocycles. The minimum absolute atomic E-state index is 0.0377. The Balaban J connectivity index is 1.70. The SMILES string of the molecule is CC1CCC(C(OC(=O)NC(C)(C)C)C(=O)Nc2cc(CN3C(=O)NC[C@H]3C)ccn2)CC1. The number of nitrogens with zero attached hydrogens (tertiary/aromatic N) is 2. The molecule has 3 N–H and O–H groups in total. The van der Waals surface area contributed by atoms with Crippen molar-refractivity contribution in [1.82, 2.24) is 20.5 Å². The van der Waals surface area contributed by atoms with Crippen molar-refractivity contribution >= 4 is 23.8 Å². The molecule has 1 saturated carbocycles. The molecular weight excluding hydrogens is 422 g/mol. The van der Waals surface area contributed by atoms with Gasteiger partial charge in [-0.2, -0.15) is 0 Å². The lowest BCUT2D eigenvalue weighted by atomic mass is 9.80. The van der Waals surface area contributed by atoms with E-state index in [2.05, 4.69) is 27.9 Å². The zero-order chi connectivity index (χ0) is 24.2. The molecule has 9 heteroatoms. The van der Waals surface area contributed by atoms with E-state index in [4.69, 9.17) is 4.74 Å². The fraction of sp³-hybridized carbons (Fsp3) is 0.667. The number of carbonyl (C=O) groups is 3. The van der Waals surface area contributed by atoms with Gasteiger partial charge in [0.2, 0.25) is 0 Å². The summed E-state index contributed by atoms with van der Waals surface area (Å²) in [5.74, 6) is 0.565. The number of amides is 4. The summed E-state index contributed by atoms with van der Waals surface area (Å²) in [5.41, 5.74) is 0.396. The highest BCUT2D eigenvalue weighted by Crippen LogP contribution is 2.32. The molecule has 33 heavy (non-hydrogen) atoms. The van der Waals surface area contributed by atoms with Crippen LogP contribution >= 0.6 is 0 Å². The molecule has 9 nitrogen and oxygen atoms in total. The Hall–Kier alpha value is -2.84. The molecule has 182 valence electrons. The summed E-state index contributed by atoms with van der Waals surface area (Å²) in [6, 6.07) is 3.57. The minimum Gasteiger partial charge on any atom is -0.436 e. The van der Waals surface area contributed by atoms with Gasteiger partial charge < -0.3 is 25.6 Å². The van der Waals surface area contributed by atoms with Crippen LogP contribution in [-0.2, 0) is 16.1 Å². The number of nitrogens with one attached hydrogen (secondary N) is 3. The normalized spacial score (nSPS) is 24.1. The number of ether oxygens (including phenoxy) is 1. The molecule has 1 aliphatic carbocycles. The van der Waals surface area contributed by atoms with E-state index >= 15 is 0 Å². The van der Waals surface area contributed by atoms with Gasteiger partial charge >= 0.3 is 12.1 Å². The van der Waals surface area contributed by atoms with Crippen molar-refractivity contribution in [3.63, 3.8) is 0 Å². The summed E-state index contributed by atoms with van der Waals surface area (Å²) < 4.78 is 5.65. The fourth-order valence-electron chi connectivity index (χ4n) is 4.31. The van der Waals surface area contributed by atoms with Gasteiger partial charge in [-0.05, 0) is 64.2 Å². The molecule has 2 aliphatic rings. The highest BCUT2D eigenvalue weighted by atomic mass is 16.6. The van der Waals surface area contributed by atoms with Gasteiger partial charge in [0.05, 0.1) is 0 Å². The monoisotopic (exact) mass is 459 g/mol. The van der Waals surface area contributed by atoms with Crippen molar-refractivity contribution in [2.45, 2.75) is 84.5 Å². The van der Waals surface area contributed by atoms with E-state index in [9.17, 15) is 14.4 Å². The van der Waals surface area contributed by atoms with Crippen LogP contribution in [0.15, 0.2) is 18.3 Å².